The number of amides is 1. The number of rotatable bonds is 8. The van der Waals surface area contributed by atoms with Gasteiger partial charge in [0, 0.05) is 45.3 Å². The van der Waals surface area contributed by atoms with E-state index in [4.69, 9.17) is 4.74 Å². The molecule has 0 aliphatic carbocycles. The molecule has 1 atom stereocenters. The molecule has 1 unspecified atom stereocenters. The fourth-order valence-corrected chi connectivity index (χ4v) is 7.84. The summed E-state index contributed by atoms with van der Waals surface area (Å²) >= 11 is 0. The fraction of sp³-hybridized carbons (Fsp3) is 0.552. The number of sulfonamides is 1. The zero-order valence-corrected chi connectivity index (χ0v) is 23.3. The van der Waals surface area contributed by atoms with Gasteiger partial charge in [0.2, 0.25) is 15.9 Å². The lowest BCUT2D eigenvalue weighted by Gasteiger charge is -2.35. The minimum Gasteiger partial charge on any atom is -0.370 e. The van der Waals surface area contributed by atoms with Gasteiger partial charge in [0.25, 0.3) is 0 Å². The van der Waals surface area contributed by atoms with Gasteiger partial charge >= 0.3 is 0 Å². The van der Waals surface area contributed by atoms with E-state index >= 15 is 0 Å². The van der Waals surface area contributed by atoms with E-state index in [2.05, 4.69) is 29.2 Å². The summed E-state index contributed by atoms with van der Waals surface area (Å²) in [6.07, 6.45) is 3.48. The molecule has 8 heteroatoms. The Bertz CT molecular complexity index is 1150. The lowest BCUT2D eigenvalue weighted by Crippen LogP contribution is -2.47. The van der Waals surface area contributed by atoms with Crippen LogP contribution in [0.15, 0.2) is 47.4 Å². The van der Waals surface area contributed by atoms with Gasteiger partial charge in [-0.1, -0.05) is 54.4 Å². The molecule has 2 heterocycles. The van der Waals surface area contributed by atoms with Crippen molar-refractivity contribution in [2.45, 2.75) is 63.9 Å². The van der Waals surface area contributed by atoms with Crippen LogP contribution in [0.3, 0.4) is 0 Å². The first-order valence-electron chi connectivity index (χ1n) is 13.5. The van der Waals surface area contributed by atoms with Crippen LogP contribution in [0.2, 0.25) is 0 Å². The molecule has 7 nitrogen and oxygen atoms in total. The zero-order chi connectivity index (χ0) is 26.4. The third kappa shape index (κ3) is 6.99. The van der Waals surface area contributed by atoms with Crippen LogP contribution in [-0.2, 0) is 26.1 Å². The maximum atomic E-state index is 13.7. The first kappa shape index (κ1) is 27.8. The predicted molar refractivity (Wildman–Crippen MR) is 146 cm³/mol. The molecular formula is C29H41N3O4S. The lowest BCUT2D eigenvalue weighted by atomic mass is 10.1. The molecule has 2 aromatic rings. The molecule has 37 heavy (non-hydrogen) atoms. The SMILES string of the molecule is Cc1cc(C)c(S(=O)(=O)N2CCCCC2COCC(=O)N2CCCN(Cc3ccccc3)CC2)c(C)c1. The van der Waals surface area contributed by atoms with Crippen LogP contribution in [0.25, 0.3) is 0 Å². The fourth-order valence-electron chi connectivity index (χ4n) is 5.74. The molecular weight excluding hydrogens is 486 g/mol. The van der Waals surface area contributed by atoms with Gasteiger partial charge in [0.05, 0.1) is 11.5 Å². The minimum atomic E-state index is -3.64. The Morgan fingerprint density at radius 1 is 0.919 bits per heavy atom. The van der Waals surface area contributed by atoms with E-state index in [1.807, 2.05) is 43.9 Å². The van der Waals surface area contributed by atoms with Gasteiger partial charge in [-0.05, 0) is 56.7 Å². The van der Waals surface area contributed by atoms with Crippen molar-refractivity contribution in [3.8, 4) is 0 Å². The van der Waals surface area contributed by atoms with Gasteiger partial charge in [0.1, 0.15) is 6.61 Å². The van der Waals surface area contributed by atoms with Crippen LogP contribution in [0, 0.1) is 20.8 Å². The molecule has 2 fully saturated rings. The van der Waals surface area contributed by atoms with Gasteiger partial charge in [0.15, 0.2) is 0 Å². The third-order valence-electron chi connectivity index (χ3n) is 7.47. The second kappa shape index (κ2) is 12.5. The molecule has 202 valence electrons. The Morgan fingerprint density at radius 2 is 1.65 bits per heavy atom. The Kier molecular flexibility index (Phi) is 9.40. The molecule has 0 N–H and O–H groups in total. The number of nitrogens with zero attached hydrogens (tertiary/aromatic N) is 3. The molecule has 4 rings (SSSR count). The Labute approximate surface area is 222 Å². The molecule has 1 amide bonds. The van der Waals surface area contributed by atoms with E-state index in [0.717, 1.165) is 68.6 Å². The first-order chi connectivity index (χ1) is 17.8. The summed E-state index contributed by atoms with van der Waals surface area (Å²) < 4.78 is 34.9. The maximum absolute atomic E-state index is 13.7. The van der Waals surface area contributed by atoms with Crippen molar-refractivity contribution in [1.29, 1.82) is 0 Å². The highest BCUT2D eigenvalue weighted by molar-refractivity contribution is 7.89. The molecule has 0 spiro atoms. The predicted octanol–water partition coefficient (Wildman–Crippen LogP) is 3.91. The van der Waals surface area contributed by atoms with Gasteiger partial charge in [-0.3, -0.25) is 9.69 Å². The number of hydrogen-bond acceptors (Lipinski definition) is 5. The Morgan fingerprint density at radius 3 is 2.38 bits per heavy atom. The average molecular weight is 528 g/mol. The summed E-state index contributed by atoms with van der Waals surface area (Å²) in [5, 5.41) is 0. The summed E-state index contributed by atoms with van der Waals surface area (Å²) in [6.45, 7) is 10.5. The number of ether oxygens (including phenoxy) is 1. The standard InChI is InChI=1S/C29H41N3O4S/c1-23-18-24(2)29(25(3)19-23)37(34,35)32-15-8-7-12-27(32)21-36-22-28(33)31-14-9-13-30(16-17-31)20-26-10-5-4-6-11-26/h4-6,10-11,18-19,27H,7-9,12-17,20-22H2,1-3H3. The highest BCUT2D eigenvalue weighted by atomic mass is 32.2. The highest BCUT2D eigenvalue weighted by Crippen LogP contribution is 2.30. The van der Waals surface area contributed by atoms with Gasteiger partial charge in [-0.15, -0.1) is 0 Å². The number of benzene rings is 2. The van der Waals surface area contributed by atoms with Crippen LogP contribution in [0.1, 0.15) is 47.9 Å². The zero-order valence-electron chi connectivity index (χ0n) is 22.5. The van der Waals surface area contributed by atoms with Gasteiger partial charge in [-0.2, -0.15) is 4.31 Å². The summed E-state index contributed by atoms with van der Waals surface area (Å²) in [7, 11) is -3.64. The summed E-state index contributed by atoms with van der Waals surface area (Å²) in [5.41, 5.74) is 3.90. The number of carbonyl (C=O) groups is 1. The largest absolute Gasteiger partial charge is 0.370 e. The van der Waals surface area contributed by atoms with Crippen molar-refractivity contribution in [2.75, 3.05) is 45.9 Å². The van der Waals surface area contributed by atoms with E-state index < -0.39 is 10.0 Å². The van der Waals surface area contributed by atoms with Crippen molar-refractivity contribution in [1.82, 2.24) is 14.1 Å². The van der Waals surface area contributed by atoms with Gasteiger partial charge < -0.3 is 9.64 Å². The van der Waals surface area contributed by atoms with Crippen molar-refractivity contribution >= 4 is 15.9 Å². The average Bonchev–Trinajstić information content (AvgIpc) is 3.10. The molecule has 2 aromatic carbocycles. The smallest absolute Gasteiger partial charge is 0.248 e. The van der Waals surface area contributed by atoms with E-state index in [-0.39, 0.29) is 25.2 Å². The maximum Gasteiger partial charge on any atom is 0.248 e. The molecule has 2 aliphatic rings. The Balaban J connectivity index is 1.31. The third-order valence-corrected chi connectivity index (χ3v) is 9.73. The summed E-state index contributed by atoms with van der Waals surface area (Å²) in [6, 6.07) is 14.0. The molecule has 2 aliphatic heterocycles. The van der Waals surface area contributed by atoms with Crippen LogP contribution in [0.4, 0.5) is 0 Å². The van der Waals surface area contributed by atoms with Crippen LogP contribution < -0.4 is 0 Å². The molecule has 0 aromatic heterocycles. The topological polar surface area (TPSA) is 70.2 Å². The Hall–Kier alpha value is -2.26. The van der Waals surface area contributed by atoms with Crippen molar-refractivity contribution in [2.24, 2.45) is 0 Å². The normalized spacial score (nSPS) is 20.1. The summed E-state index contributed by atoms with van der Waals surface area (Å²) in [5.74, 6) is -0.0167. The number of carbonyl (C=O) groups excluding carboxylic acids is 1. The summed E-state index contributed by atoms with van der Waals surface area (Å²) in [4.78, 5) is 17.6. The quantitative estimate of drug-likeness (QED) is 0.521. The molecule has 2 saturated heterocycles. The van der Waals surface area contributed by atoms with Crippen molar-refractivity contribution < 1.29 is 17.9 Å². The van der Waals surface area contributed by atoms with Crippen LogP contribution >= 0.6 is 0 Å². The van der Waals surface area contributed by atoms with Crippen molar-refractivity contribution in [3.63, 3.8) is 0 Å². The second-order valence-electron chi connectivity index (χ2n) is 10.5. The van der Waals surface area contributed by atoms with E-state index in [1.165, 1.54) is 5.56 Å². The monoisotopic (exact) mass is 527 g/mol. The van der Waals surface area contributed by atoms with Gasteiger partial charge in [-0.25, -0.2) is 8.42 Å². The lowest BCUT2D eigenvalue weighted by molar-refractivity contribution is -0.136. The van der Waals surface area contributed by atoms with Crippen LogP contribution in [-0.4, -0.2) is 80.4 Å². The number of piperidine rings is 1. The highest BCUT2D eigenvalue weighted by Gasteiger charge is 2.35. The molecule has 0 saturated carbocycles. The molecule has 0 bridgehead atoms. The van der Waals surface area contributed by atoms with E-state index in [0.29, 0.717) is 18.0 Å². The molecule has 0 radical (unpaired) electrons. The minimum absolute atomic E-state index is 0.00827. The van der Waals surface area contributed by atoms with E-state index in [9.17, 15) is 13.2 Å². The number of hydrogen-bond donors (Lipinski definition) is 0. The van der Waals surface area contributed by atoms with Crippen molar-refractivity contribution in [3.05, 3.63) is 64.7 Å². The first-order valence-corrected chi connectivity index (χ1v) is 14.9. The second-order valence-corrected chi connectivity index (χ2v) is 12.3. The number of aryl methyl sites for hydroxylation is 3. The van der Waals surface area contributed by atoms with Crippen LogP contribution in [0.5, 0.6) is 0 Å². The van der Waals surface area contributed by atoms with E-state index in [1.54, 1.807) is 4.31 Å².